The second kappa shape index (κ2) is 7.92. The number of piperidine rings is 1. The Morgan fingerprint density at radius 3 is 2.52 bits per heavy atom. The highest BCUT2D eigenvalue weighted by Crippen LogP contribution is 2.28. The van der Waals surface area contributed by atoms with E-state index in [9.17, 15) is 0 Å². The number of rotatable bonds is 6. The lowest BCUT2D eigenvalue weighted by atomic mass is 9.95. The molecule has 0 radical (unpaired) electrons. The number of nitrogens with zero attached hydrogens (tertiary/aromatic N) is 6. The van der Waals surface area contributed by atoms with Gasteiger partial charge < -0.3 is 9.30 Å². The molecule has 1 saturated heterocycles. The van der Waals surface area contributed by atoms with E-state index in [1.54, 1.807) is 13.3 Å². The van der Waals surface area contributed by atoms with E-state index in [1.165, 1.54) is 5.56 Å². The second-order valence-electron chi connectivity index (χ2n) is 7.14. The Morgan fingerprint density at radius 1 is 1.07 bits per heavy atom. The maximum atomic E-state index is 5.23. The summed E-state index contributed by atoms with van der Waals surface area (Å²) < 4.78 is 9.26. The van der Waals surface area contributed by atoms with Gasteiger partial charge in [0, 0.05) is 31.9 Å². The summed E-state index contributed by atoms with van der Waals surface area (Å²) >= 11 is 0. The van der Waals surface area contributed by atoms with Gasteiger partial charge in [0.05, 0.1) is 7.11 Å². The number of hydrogen-bond donors (Lipinski definition) is 0. The van der Waals surface area contributed by atoms with Crippen LogP contribution in [0.25, 0.3) is 0 Å². The van der Waals surface area contributed by atoms with Crippen molar-refractivity contribution in [3.8, 4) is 5.75 Å². The lowest BCUT2D eigenvalue weighted by Crippen LogP contribution is -2.33. The Bertz CT molecular complexity index is 847. The Hall–Kier alpha value is -2.67. The zero-order chi connectivity index (χ0) is 18.6. The van der Waals surface area contributed by atoms with Crippen molar-refractivity contribution in [2.75, 3.05) is 20.2 Å². The molecule has 0 atom stereocenters. The van der Waals surface area contributed by atoms with Crippen LogP contribution in [0.2, 0.25) is 0 Å². The van der Waals surface area contributed by atoms with Gasteiger partial charge in [-0.2, -0.15) is 5.10 Å². The highest BCUT2D eigenvalue weighted by Gasteiger charge is 2.25. The van der Waals surface area contributed by atoms with Crippen LogP contribution in [0.1, 0.15) is 36.0 Å². The predicted octanol–water partition coefficient (Wildman–Crippen LogP) is 2.45. The summed E-state index contributed by atoms with van der Waals surface area (Å²) in [4.78, 5) is 2.51. The first-order valence-corrected chi connectivity index (χ1v) is 9.44. The van der Waals surface area contributed by atoms with E-state index in [-0.39, 0.29) is 0 Å². The SMILES string of the molecule is COc1ccc(CN2CCC(c3nnc(Cn4cccn4)n3C)CC2)cc1. The number of ether oxygens (including phenoxy) is 1. The summed E-state index contributed by atoms with van der Waals surface area (Å²) in [6.45, 7) is 3.81. The minimum atomic E-state index is 0.473. The summed E-state index contributed by atoms with van der Waals surface area (Å²) in [5.74, 6) is 3.43. The van der Waals surface area contributed by atoms with Crippen LogP contribution >= 0.6 is 0 Å². The van der Waals surface area contributed by atoms with Gasteiger partial charge in [0.2, 0.25) is 0 Å². The quantitative estimate of drug-likeness (QED) is 0.671. The molecule has 2 aromatic heterocycles. The Morgan fingerprint density at radius 2 is 1.85 bits per heavy atom. The smallest absolute Gasteiger partial charge is 0.154 e. The number of methoxy groups -OCH3 is 1. The Kier molecular flexibility index (Phi) is 5.20. The van der Waals surface area contributed by atoms with Crippen molar-refractivity contribution in [3.05, 3.63) is 59.9 Å². The predicted molar refractivity (Wildman–Crippen MR) is 103 cm³/mol. The highest BCUT2D eigenvalue weighted by atomic mass is 16.5. The van der Waals surface area contributed by atoms with Crippen molar-refractivity contribution in [1.29, 1.82) is 0 Å². The van der Waals surface area contributed by atoms with E-state index in [2.05, 4.69) is 43.9 Å². The van der Waals surface area contributed by atoms with Gasteiger partial charge in [-0.25, -0.2) is 0 Å². The van der Waals surface area contributed by atoms with E-state index in [4.69, 9.17) is 4.74 Å². The fraction of sp³-hybridized carbons (Fsp3) is 0.450. The van der Waals surface area contributed by atoms with Crippen LogP contribution < -0.4 is 4.74 Å². The molecule has 3 heterocycles. The second-order valence-corrected chi connectivity index (χ2v) is 7.14. The Balaban J connectivity index is 1.34. The maximum Gasteiger partial charge on any atom is 0.154 e. The van der Waals surface area contributed by atoms with Crippen LogP contribution in [0.5, 0.6) is 5.75 Å². The average molecular weight is 366 g/mol. The molecule has 27 heavy (non-hydrogen) atoms. The number of likely N-dealkylation sites (tertiary alicyclic amines) is 1. The normalized spacial score (nSPS) is 15.9. The lowest BCUT2D eigenvalue weighted by Gasteiger charge is -2.31. The minimum Gasteiger partial charge on any atom is -0.497 e. The molecule has 142 valence electrons. The molecule has 0 aliphatic carbocycles. The van der Waals surface area contributed by atoms with Crippen LogP contribution in [0, 0.1) is 0 Å². The number of benzene rings is 1. The zero-order valence-electron chi connectivity index (χ0n) is 16.0. The zero-order valence-corrected chi connectivity index (χ0v) is 16.0. The fourth-order valence-electron chi connectivity index (χ4n) is 3.75. The van der Waals surface area contributed by atoms with Crippen molar-refractivity contribution < 1.29 is 4.74 Å². The molecule has 1 fully saturated rings. The largest absolute Gasteiger partial charge is 0.497 e. The van der Waals surface area contributed by atoms with Crippen LogP contribution in [-0.2, 0) is 20.1 Å². The number of hydrogen-bond acceptors (Lipinski definition) is 5. The van der Waals surface area contributed by atoms with Crippen molar-refractivity contribution >= 4 is 0 Å². The van der Waals surface area contributed by atoms with Gasteiger partial charge in [0.25, 0.3) is 0 Å². The van der Waals surface area contributed by atoms with E-state index in [0.29, 0.717) is 12.5 Å². The highest BCUT2D eigenvalue weighted by molar-refractivity contribution is 5.27. The molecular weight excluding hydrogens is 340 g/mol. The molecule has 0 N–H and O–H groups in total. The third-order valence-corrected chi connectivity index (χ3v) is 5.38. The van der Waals surface area contributed by atoms with Gasteiger partial charge in [-0.3, -0.25) is 9.58 Å². The molecule has 7 nitrogen and oxygen atoms in total. The first-order valence-electron chi connectivity index (χ1n) is 9.44. The summed E-state index contributed by atoms with van der Waals surface area (Å²) in [5.41, 5.74) is 1.33. The van der Waals surface area contributed by atoms with Crippen LogP contribution in [0.3, 0.4) is 0 Å². The fourth-order valence-corrected chi connectivity index (χ4v) is 3.75. The Labute approximate surface area is 159 Å². The first kappa shape index (κ1) is 17.7. The summed E-state index contributed by atoms with van der Waals surface area (Å²) in [6, 6.07) is 10.3. The van der Waals surface area contributed by atoms with Gasteiger partial charge in [-0.1, -0.05) is 12.1 Å². The third kappa shape index (κ3) is 4.03. The summed E-state index contributed by atoms with van der Waals surface area (Å²) in [6.07, 6.45) is 5.97. The van der Waals surface area contributed by atoms with E-state index in [1.807, 2.05) is 29.1 Å². The molecule has 1 aromatic carbocycles. The molecule has 7 heteroatoms. The molecule has 3 aromatic rings. The van der Waals surface area contributed by atoms with Gasteiger partial charge >= 0.3 is 0 Å². The molecule has 0 unspecified atom stereocenters. The summed E-state index contributed by atoms with van der Waals surface area (Å²) in [5, 5.41) is 13.1. The molecule has 0 saturated carbocycles. The molecule has 0 spiro atoms. The molecular formula is C20H26N6O. The van der Waals surface area contributed by atoms with E-state index >= 15 is 0 Å². The van der Waals surface area contributed by atoms with Crippen molar-refractivity contribution in [1.82, 2.24) is 29.4 Å². The van der Waals surface area contributed by atoms with Crippen LogP contribution in [0.15, 0.2) is 42.7 Å². The lowest BCUT2D eigenvalue weighted by molar-refractivity contribution is 0.200. The van der Waals surface area contributed by atoms with E-state index in [0.717, 1.165) is 49.9 Å². The van der Waals surface area contributed by atoms with Gasteiger partial charge in [0.15, 0.2) is 5.82 Å². The van der Waals surface area contributed by atoms with Crippen molar-refractivity contribution in [3.63, 3.8) is 0 Å². The van der Waals surface area contributed by atoms with Crippen LogP contribution in [-0.4, -0.2) is 49.6 Å². The molecule has 0 amide bonds. The van der Waals surface area contributed by atoms with Gasteiger partial charge in [0.1, 0.15) is 18.1 Å². The van der Waals surface area contributed by atoms with Gasteiger partial charge in [-0.15, -0.1) is 10.2 Å². The maximum absolute atomic E-state index is 5.23. The van der Waals surface area contributed by atoms with E-state index < -0.39 is 0 Å². The number of aromatic nitrogens is 5. The molecule has 1 aliphatic heterocycles. The standard InChI is InChI=1S/C20H26N6O/c1-24-19(15-26-11-3-10-21-26)22-23-20(24)17-8-12-25(13-9-17)14-16-4-6-18(27-2)7-5-16/h3-7,10-11,17H,8-9,12-15H2,1-2H3. The monoisotopic (exact) mass is 366 g/mol. The van der Waals surface area contributed by atoms with Crippen molar-refractivity contribution in [2.45, 2.75) is 31.8 Å². The molecule has 1 aliphatic rings. The topological polar surface area (TPSA) is 61.0 Å². The van der Waals surface area contributed by atoms with Gasteiger partial charge in [-0.05, 0) is 49.7 Å². The van der Waals surface area contributed by atoms with Crippen LogP contribution in [0.4, 0.5) is 0 Å². The van der Waals surface area contributed by atoms with Crippen molar-refractivity contribution in [2.24, 2.45) is 7.05 Å². The third-order valence-electron chi connectivity index (χ3n) is 5.38. The summed E-state index contributed by atoms with van der Waals surface area (Å²) in [7, 11) is 3.77. The first-order chi connectivity index (χ1) is 13.2. The molecule has 0 bridgehead atoms. The average Bonchev–Trinajstić information content (AvgIpc) is 3.34. The minimum absolute atomic E-state index is 0.473. The molecule has 4 rings (SSSR count).